The van der Waals surface area contributed by atoms with Crippen LogP contribution in [0.3, 0.4) is 0 Å². The molecule has 0 aromatic rings. The van der Waals surface area contributed by atoms with Gasteiger partial charge in [-0.05, 0) is 0 Å². The summed E-state index contributed by atoms with van der Waals surface area (Å²) in [6.45, 7) is 3.35. The van der Waals surface area contributed by atoms with Gasteiger partial charge in [-0.25, -0.2) is 4.79 Å². The minimum Gasteiger partial charge on any atom is -0.435 e. The fourth-order valence-corrected chi connectivity index (χ4v) is 0.532. The smallest absolute Gasteiger partial charge is 0.338 e. The Bertz CT molecular complexity index is 159. The van der Waals surface area contributed by atoms with E-state index < -0.39 is 12.8 Å². The molecule has 0 aromatic carbocycles. The van der Waals surface area contributed by atoms with Crippen LogP contribution in [0.1, 0.15) is 0 Å². The standard InChI is InChI=1S/C6H8O4/c1-4(5-2-9-5)6(8)10-3-7/h5,7H,1-3H2. The van der Waals surface area contributed by atoms with Gasteiger partial charge in [0.1, 0.15) is 6.10 Å². The van der Waals surface area contributed by atoms with Crippen LogP contribution in [0, 0.1) is 0 Å². The van der Waals surface area contributed by atoms with Gasteiger partial charge < -0.3 is 14.6 Å². The van der Waals surface area contributed by atoms with Gasteiger partial charge in [-0.2, -0.15) is 0 Å². The van der Waals surface area contributed by atoms with E-state index in [0.29, 0.717) is 6.61 Å². The Morgan fingerprint density at radius 2 is 2.50 bits per heavy atom. The minimum absolute atomic E-state index is 0.181. The first-order valence-electron chi connectivity index (χ1n) is 2.84. The van der Waals surface area contributed by atoms with Crippen LogP contribution in [0.5, 0.6) is 0 Å². The van der Waals surface area contributed by atoms with Crippen molar-refractivity contribution in [1.82, 2.24) is 0 Å². The van der Waals surface area contributed by atoms with Gasteiger partial charge in [-0.3, -0.25) is 0 Å². The largest absolute Gasteiger partial charge is 0.435 e. The number of carbonyl (C=O) groups is 1. The van der Waals surface area contributed by atoms with Crippen LogP contribution in [0.4, 0.5) is 0 Å². The molecule has 4 nitrogen and oxygen atoms in total. The van der Waals surface area contributed by atoms with Crippen molar-refractivity contribution in [2.75, 3.05) is 13.4 Å². The maximum atomic E-state index is 10.7. The average molecular weight is 144 g/mol. The average Bonchev–Trinajstić information content (AvgIpc) is 2.68. The molecule has 0 aromatic heterocycles. The van der Waals surface area contributed by atoms with Gasteiger partial charge in [-0.15, -0.1) is 0 Å². The first kappa shape index (κ1) is 7.24. The summed E-state index contributed by atoms with van der Waals surface area (Å²) in [6, 6.07) is 0. The molecule has 1 saturated heterocycles. The van der Waals surface area contributed by atoms with Crippen molar-refractivity contribution in [3.8, 4) is 0 Å². The summed E-state index contributed by atoms with van der Waals surface area (Å²) in [4.78, 5) is 10.7. The van der Waals surface area contributed by atoms with E-state index in [9.17, 15) is 4.79 Å². The van der Waals surface area contributed by atoms with Crippen LogP contribution in [-0.4, -0.2) is 30.6 Å². The van der Waals surface area contributed by atoms with Gasteiger partial charge in [0.2, 0.25) is 0 Å². The Morgan fingerprint density at radius 1 is 1.90 bits per heavy atom. The van der Waals surface area contributed by atoms with Gasteiger partial charge in [0.25, 0.3) is 0 Å². The van der Waals surface area contributed by atoms with E-state index in [4.69, 9.17) is 9.84 Å². The van der Waals surface area contributed by atoms with Crippen LogP contribution < -0.4 is 0 Å². The second-order valence-electron chi connectivity index (χ2n) is 1.91. The zero-order valence-electron chi connectivity index (χ0n) is 5.37. The zero-order valence-corrected chi connectivity index (χ0v) is 5.37. The fraction of sp³-hybridized carbons (Fsp3) is 0.500. The lowest BCUT2D eigenvalue weighted by Crippen LogP contribution is -2.11. The van der Waals surface area contributed by atoms with Crippen LogP contribution >= 0.6 is 0 Å². The van der Waals surface area contributed by atoms with Gasteiger partial charge in [-0.1, -0.05) is 6.58 Å². The van der Waals surface area contributed by atoms with Crippen molar-refractivity contribution >= 4 is 5.97 Å². The number of carbonyl (C=O) groups excluding carboxylic acids is 1. The second-order valence-corrected chi connectivity index (χ2v) is 1.91. The molecule has 1 aliphatic heterocycles. The van der Waals surface area contributed by atoms with Crippen molar-refractivity contribution in [2.24, 2.45) is 0 Å². The highest BCUT2D eigenvalue weighted by atomic mass is 16.6. The van der Waals surface area contributed by atoms with Gasteiger partial charge in [0, 0.05) is 0 Å². The third kappa shape index (κ3) is 1.55. The predicted molar refractivity (Wildman–Crippen MR) is 32.1 cm³/mol. The molecule has 1 fully saturated rings. The van der Waals surface area contributed by atoms with Crippen LogP contribution in [0.25, 0.3) is 0 Å². The molecular formula is C6H8O4. The van der Waals surface area contributed by atoms with Crippen molar-refractivity contribution in [2.45, 2.75) is 6.10 Å². The Balaban J connectivity index is 2.32. The zero-order chi connectivity index (χ0) is 7.56. The van der Waals surface area contributed by atoms with Crippen molar-refractivity contribution < 1.29 is 19.4 Å². The topological polar surface area (TPSA) is 59.1 Å². The number of aliphatic hydroxyl groups is 1. The fourth-order valence-electron chi connectivity index (χ4n) is 0.532. The van der Waals surface area contributed by atoms with Crippen molar-refractivity contribution in [3.63, 3.8) is 0 Å². The molecule has 0 aliphatic carbocycles. The molecule has 0 bridgehead atoms. The molecule has 0 amide bonds. The number of ether oxygens (including phenoxy) is 2. The van der Waals surface area contributed by atoms with Crippen molar-refractivity contribution in [1.29, 1.82) is 0 Å². The molecule has 56 valence electrons. The van der Waals surface area contributed by atoms with Gasteiger partial charge in [0.15, 0.2) is 6.79 Å². The Labute approximate surface area is 58.1 Å². The van der Waals surface area contributed by atoms with E-state index in [1.807, 2.05) is 0 Å². The highest BCUT2D eigenvalue weighted by Crippen LogP contribution is 2.18. The summed E-state index contributed by atoms with van der Waals surface area (Å²) in [5, 5.41) is 8.16. The maximum absolute atomic E-state index is 10.7. The summed E-state index contributed by atoms with van der Waals surface area (Å²) in [5.74, 6) is -0.593. The van der Waals surface area contributed by atoms with E-state index in [2.05, 4.69) is 11.3 Å². The predicted octanol–water partition coefficient (Wildman–Crippen LogP) is -0.566. The van der Waals surface area contributed by atoms with E-state index in [-0.39, 0.29) is 11.7 Å². The molecule has 1 aliphatic rings. The number of esters is 1. The lowest BCUT2D eigenvalue weighted by molar-refractivity contribution is -0.147. The highest BCUT2D eigenvalue weighted by molar-refractivity contribution is 5.89. The van der Waals surface area contributed by atoms with Crippen LogP contribution in [0.15, 0.2) is 12.2 Å². The van der Waals surface area contributed by atoms with E-state index in [0.717, 1.165) is 0 Å². The molecule has 1 N–H and O–H groups in total. The van der Waals surface area contributed by atoms with E-state index in [1.165, 1.54) is 0 Å². The third-order valence-electron chi connectivity index (χ3n) is 1.18. The third-order valence-corrected chi connectivity index (χ3v) is 1.18. The van der Waals surface area contributed by atoms with Gasteiger partial charge in [0.05, 0.1) is 12.2 Å². The van der Waals surface area contributed by atoms with Crippen molar-refractivity contribution in [3.05, 3.63) is 12.2 Å². The second kappa shape index (κ2) is 2.81. The Kier molecular flexibility index (Phi) is 2.03. The number of hydrogen-bond acceptors (Lipinski definition) is 4. The summed E-state index contributed by atoms with van der Waals surface area (Å²) in [6.07, 6.45) is -0.181. The molecule has 0 saturated carbocycles. The number of aliphatic hydroxyl groups excluding tert-OH is 1. The van der Waals surface area contributed by atoms with E-state index in [1.54, 1.807) is 0 Å². The molecule has 1 unspecified atom stereocenters. The summed E-state index contributed by atoms with van der Waals surface area (Å²) < 4.78 is 9.00. The normalized spacial score (nSPS) is 21.9. The Morgan fingerprint density at radius 3 is 2.90 bits per heavy atom. The summed E-state index contributed by atoms with van der Waals surface area (Å²) >= 11 is 0. The molecule has 1 heterocycles. The molecule has 10 heavy (non-hydrogen) atoms. The summed E-state index contributed by atoms with van der Waals surface area (Å²) in [7, 11) is 0. The number of hydrogen-bond donors (Lipinski definition) is 1. The van der Waals surface area contributed by atoms with Crippen LogP contribution in [0.2, 0.25) is 0 Å². The molecule has 0 spiro atoms. The lowest BCUT2D eigenvalue weighted by Gasteiger charge is -1.99. The van der Waals surface area contributed by atoms with Gasteiger partial charge >= 0.3 is 5.97 Å². The molecule has 0 radical (unpaired) electrons. The first-order chi connectivity index (χ1) is 4.75. The number of epoxide rings is 1. The minimum atomic E-state index is -0.607. The molecule has 4 heteroatoms. The maximum Gasteiger partial charge on any atom is 0.338 e. The lowest BCUT2D eigenvalue weighted by atomic mass is 10.2. The Hall–Kier alpha value is -0.870. The SMILES string of the molecule is C=C(C(=O)OCO)C1CO1. The quantitative estimate of drug-likeness (QED) is 0.249. The molecular weight excluding hydrogens is 136 g/mol. The monoisotopic (exact) mass is 144 g/mol. The molecule has 1 atom stereocenters. The first-order valence-corrected chi connectivity index (χ1v) is 2.84. The molecule has 1 rings (SSSR count). The van der Waals surface area contributed by atoms with Crippen LogP contribution in [-0.2, 0) is 14.3 Å². The van der Waals surface area contributed by atoms with E-state index >= 15 is 0 Å². The highest BCUT2D eigenvalue weighted by Gasteiger charge is 2.30. The summed E-state index contributed by atoms with van der Waals surface area (Å²) in [5.41, 5.74) is 0.272. The number of rotatable bonds is 3.